The predicted molar refractivity (Wildman–Crippen MR) is 240 cm³/mol. The fraction of sp³-hybridized carbons (Fsp3) is 0.0545. The minimum Gasteiger partial charge on any atom is -0.455 e. The molecule has 2 nitrogen and oxygen atoms in total. The van der Waals surface area contributed by atoms with Crippen LogP contribution in [-0.4, -0.2) is 0 Å². The molecule has 0 aliphatic heterocycles. The Kier molecular flexibility index (Phi) is 7.55. The molecule has 0 saturated carbocycles. The van der Waals surface area contributed by atoms with Crippen molar-refractivity contribution in [2.45, 2.75) is 19.3 Å². The summed E-state index contributed by atoms with van der Waals surface area (Å²) in [5, 5.41) is 4.49. The number of nitrogens with zero attached hydrogens (tertiary/aromatic N) is 1. The maximum absolute atomic E-state index is 6.76. The molecule has 1 aliphatic rings. The van der Waals surface area contributed by atoms with Gasteiger partial charge in [0.2, 0.25) is 0 Å². The third-order valence-corrected chi connectivity index (χ3v) is 12.1. The monoisotopic (exact) mass is 729 g/mol. The molecule has 270 valence electrons. The van der Waals surface area contributed by atoms with Crippen molar-refractivity contribution in [3.05, 3.63) is 211 Å². The van der Waals surface area contributed by atoms with Crippen molar-refractivity contribution in [3.63, 3.8) is 0 Å². The molecule has 1 heterocycles. The molecule has 0 N–H and O–H groups in total. The molecule has 0 bridgehead atoms. The van der Waals surface area contributed by atoms with Crippen molar-refractivity contribution in [1.29, 1.82) is 0 Å². The summed E-state index contributed by atoms with van der Waals surface area (Å²) in [6.45, 7) is 4.70. The van der Waals surface area contributed by atoms with Crippen molar-refractivity contribution in [1.82, 2.24) is 0 Å². The SMILES string of the molecule is CC1(C)c2ccccc2-c2c(-c3ccccc3N(c3ccc(-c4ccc(-c5ccccc5)cc4)cc3)c3cccc4oc5c6ccccc6ccc5c34)cccc21. The van der Waals surface area contributed by atoms with Gasteiger partial charge >= 0.3 is 0 Å². The molecular formula is C55H39NO. The quantitative estimate of drug-likeness (QED) is 0.169. The molecule has 0 saturated heterocycles. The van der Waals surface area contributed by atoms with Crippen molar-refractivity contribution in [2.75, 3.05) is 4.90 Å². The minimum atomic E-state index is -0.101. The molecule has 1 aliphatic carbocycles. The summed E-state index contributed by atoms with van der Waals surface area (Å²) in [4.78, 5) is 2.44. The molecule has 0 amide bonds. The Morgan fingerprint density at radius 3 is 1.77 bits per heavy atom. The van der Waals surface area contributed by atoms with Crippen LogP contribution in [-0.2, 0) is 5.41 Å². The lowest BCUT2D eigenvalue weighted by molar-refractivity contribution is 0.660. The fourth-order valence-electron chi connectivity index (χ4n) is 9.29. The van der Waals surface area contributed by atoms with E-state index in [2.05, 4.69) is 219 Å². The van der Waals surface area contributed by atoms with E-state index in [1.165, 1.54) is 61.0 Å². The largest absolute Gasteiger partial charge is 0.455 e. The topological polar surface area (TPSA) is 16.4 Å². The zero-order valence-corrected chi connectivity index (χ0v) is 31.9. The molecule has 0 spiro atoms. The van der Waals surface area contributed by atoms with E-state index in [0.717, 1.165) is 44.4 Å². The van der Waals surface area contributed by atoms with E-state index in [-0.39, 0.29) is 5.41 Å². The zero-order valence-electron chi connectivity index (χ0n) is 31.9. The lowest BCUT2D eigenvalue weighted by Gasteiger charge is -2.29. The molecule has 0 unspecified atom stereocenters. The molecule has 0 radical (unpaired) electrons. The molecule has 11 rings (SSSR count). The number of fused-ring (bicyclic) bond motifs is 8. The van der Waals surface area contributed by atoms with Crippen molar-refractivity contribution >= 4 is 49.8 Å². The van der Waals surface area contributed by atoms with Crippen LogP contribution in [0.5, 0.6) is 0 Å². The highest BCUT2D eigenvalue weighted by molar-refractivity contribution is 6.20. The standard InChI is InChI=1S/C55H39NO/c1-55(2)47-21-10-8-19-45(47)52-44(20-12-22-48(52)55)43-18-9-11-23-49(43)56(41-33-30-39(31-34-41)38-28-26-37(27-29-38)36-14-4-3-5-15-36)50-24-13-25-51-53(50)46-35-32-40-16-6-7-17-42(40)54(46)57-51/h3-35H,1-2H3. The van der Waals surface area contributed by atoms with Gasteiger partial charge in [-0.1, -0.05) is 178 Å². The summed E-state index contributed by atoms with van der Waals surface area (Å²) in [6.07, 6.45) is 0. The molecule has 10 aromatic rings. The van der Waals surface area contributed by atoms with E-state index in [1.54, 1.807) is 0 Å². The lowest BCUT2D eigenvalue weighted by atomic mass is 9.82. The molecule has 0 atom stereocenters. The van der Waals surface area contributed by atoms with Gasteiger partial charge in [0.15, 0.2) is 0 Å². The van der Waals surface area contributed by atoms with Crippen molar-refractivity contribution in [2.24, 2.45) is 0 Å². The highest BCUT2D eigenvalue weighted by Gasteiger charge is 2.37. The maximum Gasteiger partial charge on any atom is 0.143 e. The smallest absolute Gasteiger partial charge is 0.143 e. The van der Waals surface area contributed by atoms with Gasteiger partial charge in [-0.3, -0.25) is 0 Å². The van der Waals surface area contributed by atoms with Crippen LogP contribution in [0.15, 0.2) is 205 Å². The molecule has 0 fully saturated rings. The molecule has 9 aromatic carbocycles. The van der Waals surface area contributed by atoms with E-state index in [9.17, 15) is 0 Å². The number of hydrogen-bond acceptors (Lipinski definition) is 2. The van der Waals surface area contributed by atoms with E-state index in [4.69, 9.17) is 4.42 Å². The molecule has 57 heavy (non-hydrogen) atoms. The van der Waals surface area contributed by atoms with Gasteiger partial charge in [-0.25, -0.2) is 0 Å². The third kappa shape index (κ3) is 5.25. The fourth-order valence-corrected chi connectivity index (χ4v) is 9.29. The Morgan fingerprint density at radius 2 is 0.982 bits per heavy atom. The lowest BCUT2D eigenvalue weighted by Crippen LogP contribution is -2.15. The van der Waals surface area contributed by atoms with Crippen LogP contribution in [0, 0.1) is 0 Å². The van der Waals surface area contributed by atoms with Crippen LogP contribution < -0.4 is 4.90 Å². The van der Waals surface area contributed by atoms with Crippen LogP contribution in [0.3, 0.4) is 0 Å². The first kappa shape index (κ1) is 33.2. The van der Waals surface area contributed by atoms with E-state index >= 15 is 0 Å². The highest BCUT2D eigenvalue weighted by atomic mass is 16.3. The summed E-state index contributed by atoms with van der Waals surface area (Å²) >= 11 is 0. The molecule has 1 aromatic heterocycles. The zero-order chi connectivity index (χ0) is 38.1. The average molecular weight is 730 g/mol. The van der Waals surface area contributed by atoms with Gasteiger partial charge < -0.3 is 9.32 Å². The number of hydrogen-bond donors (Lipinski definition) is 0. The van der Waals surface area contributed by atoms with Gasteiger partial charge in [0.05, 0.1) is 16.8 Å². The number of furan rings is 1. The first-order chi connectivity index (χ1) is 28.0. The van der Waals surface area contributed by atoms with E-state index in [1.807, 2.05) is 0 Å². The maximum atomic E-state index is 6.76. The van der Waals surface area contributed by atoms with Gasteiger partial charge in [0.1, 0.15) is 11.2 Å². The number of para-hydroxylation sites is 1. The summed E-state index contributed by atoms with van der Waals surface area (Å²) in [7, 11) is 0. The van der Waals surface area contributed by atoms with E-state index in [0.29, 0.717) is 0 Å². The van der Waals surface area contributed by atoms with Crippen molar-refractivity contribution < 1.29 is 4.42 Å². The second-order valence-electron chi connectivity index (χ2n) is 15.7. The third-order valence-electron chi connectivity index (χ3n) is 12.1. The Hall–Kier alpha value is -7.16. The normalized spacial score (nSPS) is 12.9. The second-order valence-corrected chi connectivity index (χ2v) is 15.7. The number of rotatable bonds is 6. The Bertz CT molecular complexity index is 3130. The molecular weight excluding hydrogens is 691 g/mol. The summed E-state index contributed by atoms with van der Waals surface area (Å²) in [6, 6.07) is 72.5. The van der Waals surface area contributed by atoms with Gasteiger partial charge in [0, 0.05) is 27.4 Å². The van der Waals surface area contributed by atoms with Gasteiger partial charge in [-0.15, -0.1) is 0 Å². The van der Waals surface area contributed by atoms with Crippen LogP contribution in [0.2, 0.25) is 0 Å². The Balaban J connectivity index is 1.12. The minimum absolute atomic E-state index is 0.101. The number of benzene rings is 9. The van der Waals surface area contributed by atoms with Crippen LogP contribution in [0.1, 0.15) is 25.0 Å². The predicted octanol–water partition coefficient (Wildman–Crippen LogP) is 15.5. The highest BCUT2D eigenvalue weighted by Crippen LogP contribution is 2.54. The summed E-state index contributed by atoms with van der Waals surface area (Å²) < 4.78 is 6.76. The molecule has 2 heteroatoms. The van der Waals surface area contributed by atoms with Gasteiger partial charge in [0.25, 0.3) is 0 Å². The summed E-state index contributed by atoms with van der Waals surface area (Å²) in [5.41, 5.74) is 17.5. The van der Waals surface area contributed by atoms with Crippen LogP contribution in [0.4, 0.5) is 17.1 Å². The van der Waals surface area contributed by atoms with Crippen LogP contribution in [0.25, 0.3) is 77.2 Å². The first-order valence-electron chi connectivity index (χ1n) is 19.8. The summed E-state index contributed by atoms with van der Waals surface area (Å²) in [5.74, 6) is 0. The first-order valence-corrected chi connectivity index (χ1v) is 19.8. The Labute approximate surface area is 332 Å². The van der Waals surface area contributed by atoms with Gasteiger partial charge in [-0.05, 0) is 91.9 Å². The average Bonchev–Trinajstić information content (AvgIpc) is 3.78. The van der Waals surface area contributed by atoms with Crippen LogP contribution >= 0.6 is 0 Å². The second kappa shape index (κ2) is 13.0. The van der Waals surface area contributed by atoms with Gasteiger partial charge in [-0.2, -0.15) is 0 Å². The number of anilines is 3. The van der Waals surface area contributed by atoms with E-state index < -0.39 is 0 Å². The Morgan fingerprint density at radius 1 is 0.404 bits per heavy atom. The van der Waals surface area contributed by atoms with Crippen molar-refractivity contribution in [3.8, 4) is 44.5 Å².